The van der Waals surface area contributed by atoms with E-state index in [1.54, 1.807) is 32.0 Å². The van der Waals surface area contributed by atoms with Crippen molar-refractivity contribution in [1.82, 2.24) is 4.98 Å². The van der Waals surface area contributed by atoms with Gasteiger partial charge in [0.1, 0.15) is 5.82 Å². The number of halogens is 1. The Kier molecular flexibility index (Phi) is 4.30. The zero-order valence-electron chi connectivity index (χ0n) is 11.4. The molecule has 0 atom stereocenters. The van der Waals surface area contributed by atoms with Crippen LogP contribution in [0.4, 0.5) is 5.82 Å². The largest absolute Gasteiger partial charge is 0.263 e. The maximum absolute atomic E-state index is 12.5. The topological polar surface area (TPSA) is 82.8 Å². The van der Waals surface area contributed by atoms with Crippen molar-refractivity contribution in [3.05, 3.63) is 51.6 Å². The number of nitriles is 1. The number of sulfonamides is 1. The van der Waals surface area contributed by atoms with E-state index in [-0.39, 0.29) is 10.7 Å². The fourth-order valence-electron chi connectivity index (χ4n) is 1.79. The minimum atomic E-state index is -3.79. The Bertz CT molecular complexity index is 842. The normalized spacial score (nSPS) is 11.0. The number of aromatic nitrogens is 1. The lowest BCUT2D eigenvalue weighted by atomic mass is 10.2. The van der Waals surface area contributed by atoms with Crippen molar-refractivity contribution in [3.8, 4) is 6.07 Å². The molecule has 1 N–H and O–H groups in total. The molecular formula is C14H12BrN3O2S. The molecule has 0 saturated carbocycles. The second kappa shape index (κ2) is 5.84. The molecule has 0 aliphatic carbocycles. The third kappa shape index (κ3) is 3.40. The standard InChI is InChI=1S/C14H12BrN3O2S/c1-9-3-4-11(7-16)6-13(9)21(19,20)18-14-10(2)5-12(15)8-17-14/h3-6,8H,1-2H3,(H,17,18). The van der Waals surface area contributed by atoms with E-state index in [9.17, 15) is 8.42 Å². The Labute approximate surface area is 131 Å². The van der Waals surface area contributed by atoms with Crippen molar-refractivity contribution < 1.29 is 8.42 Å². The molecule has 0 amide bonds. The molecule has 7 heteroatoms. The molecule has 5 nitrogen and oxygen atoms in total. The number of nitrogens with zero attached hydrogens (tertiary/aromatic N) is 2. The average Bonchev–Trinajstić information content (AvgIpc) is 2.42. The Morgan fingerprint density at radius 3 is 2.57 bits per heavy atom. The van der Waals surface area contributed by atoms with Gasteiger partial charge < -0.3 is 0 Å². The highest BCUT2D eigenvalue weighted by atomic mass is 79.9. The van der Waals surface area contributed by atoms with Crippen LogP contribution in [0.25, 0.3) is 0 Å². The molecule has 0 fully saturated rings. The summed E-state index contributed by atoms with van der Waals surface area (Å²) in [5.41, 5.74) is 1.56. The number of aryl methyl sites for hydroxylation is 2. The fourth-order valence-corrected chi connectivity index (χ4v) is 3.59. The highest BCUT2D eigenvalue weighted by molar-refractivity contribution is 9.10. The second-order valence-electron chi connectivity index (χ2n) is 4.52. The smallest absolute Gasteiger partial charge is 0.263 e. The maximum atomic E-state index is 12.5. The van der Waals surface area contributed by atoms with Gasteiger partial charge in [-0.2, -0.15) is 5.26 Å². The Balaban J connectivity index is 2.46. The highest BCUT2D eigenvalue weighted by Gasteiger charge is 2.19. The number of benzene rings is 1. The van der Waals surface area contributed by atoms with Crippen LogP contribution in [0, 0.1) is 25.2 Å². The predicted octanol–water partition coefficient (Wildman–Crippen LogP) is 3.13. The van der Waals surface area contributed by atoms with E-state index in [0.717, 1.165) is 4.47 Å². The van der Waals surface area contributed by atoms with Gasteiger partial charge in [-0.15, -0.1) is 0 Å². The molecule has 21 heavy (non-hydrogen) atoms. The number of nitrogens with one attached hydrogen (secondary N) is 1. The molecule has 0 spiro atoms. The summed E-state index contributed by atoms with van der Waals surface area (Å²) in [6.45, 7) is 3.44. The monoisotopic (exact) mass is 365 g/mol. The quantitative estimate of drug-likeness (QED) is 0.905. The lowest BCUT2D eigenvalue weighted by Crippen LogP contribution is -2.16. The average molecular weight is 366 g/mol. The third-order valence-corrected chi connectivity index (χ3v) is 4.80. The van der Waals surface area contributed by atoms with Crippen molar-refractivity contribution >= 4 is 31.8 Å². The van der Waals surface area contributed by atoms with Crippen LogP contribution < -0.4 is 4.72 Å². The van der Waals surface area contributed by atoms with Crippen LogP contribution in [0.2, 0.25) is 0 Å². The molecule has 1 aromatic carbocycles. The Morgan fingerprint density at radius 1 is 1.24 bits per heavy atom. The van der Waals surface area contributed by atoms with E-state index >= 15 is 0 Å². The van der Waals surface area contributed by atoms with Crippen LogP contribution in [0.1, 0.15) is 16.7 Å². The van der Waals surface area contributed by atoms with Crippen molar-refractivity contribution in [3.63, 3.8) is 0 Å². The SMILES string of the molecule is Cc1ccc(C#N)cc1S(=O)(=O)Nc1ncc(Br)cc1C. The van der Waals surface area contributed by atoms with Crippen LogP contribution in [-0.2, 0) is 10.0 Å². The fraction of sp³-hybridized carbons (Fsp3) is 0.143. The number of hydrogen-bond acceptors (Lipinski definition) is 4. The third-order valence-electron chi connectivity index (χ3n) is 2.88. The second-order valence-corrected chi connectivity index (χ2v) is 7.08. The van der Waals surface area contributed by atoms with Gasteiger partial charge in [0, 0.05) is 10.7 Å². The van der Waals surface area contributed by atoms with E-state index in [1.165, 1.54) is 12.3 Å². The number of rotatable bonds is 3. The van der Waals surface area contributed by atoms with Crippen molar-refractivity contribution in [2.45, 2.75) is 18.7 Å². The molecule has 0 unspecified atom stereocenters. The van der Waals surface area contributed by atoms with Gasteiger partial charge in [0.15, 0.2) is 0 Å². The molecule has 0 saturated heterocycles. The van der Waals surface area contributed by atoms with Gasteiger partial charge in [0.25, 0.3) is 10.0 Å². The van der Waals surface area contributed by atoms with Gasteiger partial charge in [-0.25, -0.2) is 13.4 Å². The van der Waals surface area contributed by atoms with Crippen LogP contribution in [0.5, 0.6) is 0 Å². The summed E-state index contributed by atoms with van der Waals surface area (Å²) in [7, 11) is -3.79. The van der Waals surface area contributed by atoms with Gasteiger partial charge in [0.2, 0.25) is 0 Å². The maximum Gasteiger partial charge on any atom is 0.263 e. The molecule has 0 bridgehead atoms. The minimum absolute atomic E-state index is 0.0747. The van der Waals surface area contributed by atoms with E-state index in [4.69, 9.17) is 5.26 Å². The van der Waals surface area contributed by atoms with Gasteiger partial charge in [0.05, 0.1) is 16.5 Å². The van der Waals surface area contributed by atoms with Crippen LogP contribution >= 0.6 is 15.9 Å². The highest BCUT2D eigenvalue weighted by Crippen LogP contribution is 2.22. The first-order valence-corrected chi connectivity index (χ1v) is 8.27. The predicted molar refractivity (Wildman–Crippen MR) is 83.4 cm³/mol. The van der Waals surface area contributed by atoms with Crippen molar-refractivity contribution in [2.24, 2.45) is 0 Å². The Hall–Kier alpha value is -1.91. The molecule has 2 aromatic rings. The molecule has 0 aliphatic rings. The first-order chi connectivity index (χ1) is 9.83. The van der Waals surface area contributed by atoms with Crippen molar-refractivity contribution in [2.75, 3.05) is 4.72 Å². The van der Waals surface area contributed by atoms with E-state index in [1.807, 2.05) is 6.07 Å². The van der Waals surface area contributed by atoms with Crippen LogP contribution in [-0.4, -0.2) is 13.4 Å². The molecular weight excluding hydrogens is 354 g/mol. The molecule has 0 aliphatic heterocycles. The minimum Gasteiger partial charge on any atom is -0.263 e. The number of pyridine rings is 1. The number of anilines is 1. The lowest BCUT2D eigenvalue weighted by Gasteiger charge is -2.11. The molecule has 1 heterocycles. The van der Waals surface area contributed by atoms with E-state index in [2.05, 4.69) is 25.6 Å². The first-order valence-electron chi connectivity index (χ1n) is 5.99. The lowest BCUT2D eigenvalue weighted by molar-refractivity contribution is 0.600. The molecule has 2 rings (SSSR count). The van der Waals surface area contributed by atoms with Gasteiger partial charge in [-0.05, 0) is 59.1 Å². The number of hydrogen-bond donors (Lipinski definition) is 1. The summed E-state index contributed by atoms with van der Waals surface area (Å²) in [4.78, 5) is 4.13. The van der Waals surface area contributed by atoms with Gasteiger partial charge >= 0.3 is 0 Å². The van der Waals surface area contributed by atoms with Crippen LogP contribution in [0.3, 0.4) is 0 Å². The molecule has 108 valence electrons. The molecule has 0 radical (unpaired) electrons. The first kappa shape index (κ1) is 15.5. The summed E-state index contributed by atoms with van der Waals surface area (Å²) in [5.74, 6) is 0.264. The Morgan fingerprint density at radius 2 is 1.95 bits per heavy atom. The zero-order valence-corrected chi connectivity index (χ0v) is 13.8. The van der Waals surface area contributed by atoms with E-state index in [0.29, 0.717) is 16.7 Å². The summed E-state index contributed by atoms with van der Waals surface area (Å²) in [6, 6.07) is 8.24. The van der Waals surface area contributed by atoms with Crippen LogP contribution in [0.15, 0.2) is 39.8 Å². The summed E-state index contributed by atoms with van der Waals surface area (Å²) < 4.78 is 28.1. The summed E-state index contributed by atoms with van der Waals surface area (Å²) in [5, 5.41) is 8.90. The van der Waals surface area contributed by atoms with Gasteiger partial charge in [-0.1, -0.05) is 6.07 Å². The van der Waals surface area contributed by atoms with Gasteiger partial charge in [-0.3, -0.25) is 4.72 Å². The zero-order chi connectivity index (χ0) is 15.6. The molecule has 1 aromatic heterocycles. The summed E-state index contributed by atoms with van der Waals surface area (Å²) in [6.07, 6.45) is 1.52. The van der Waals surface area contributed by atoms with Crippen molar-refractivity contribution in [1.29, 1.82) is 5.26 Å². The van der Waals surface area contributed by atoms with E-state index < -0.39 is 10.0 Å². The summed E-state index contributed by atoms with van der Waals surface area (Å²) >= 11 is 3.28.